The fraction of sp³-hybridized carbons (Fsp3) is 0.231. The van der Waals surface area contributed by atoms with Gasteiger partial charge < -0.3 is 0 Å². The van der Waals surface area contributed by atoms with E-state index in [4.69, 9.17) is 5.41 Å². The Hall–Kier alpha value is -1.70. The van der Waals surface area contributed by atoms with Gasteiger partial charge in [-0.05, 0) is 38.5 Å². The topological polar surface area (TPSA) is 36.7 Å². The maximum Gasteiger partial charge on any atom is 0.0879 e. The quantitative estimate of drug-likeness (QED) is 0.590. The minimum Gasteiger partial charge on any atom is -0.299 e. The van der Waals surface area contributed by atoms with E-state index in [0.29, 0.717) is 11.4 Å². The summed E-state index contributed by atoms with van der Waals surface area (Å²) in [5.74, 6) is 0. The van der Waals surface area contributed by atoms with Crippen LogP contribution in [0.1, 0.15) is 25.1 Å². The molecule has 0 unspecified atom stereocenters. The van der Waals surface area contributed by atoms with Crippen molar-refractivity contribution in [3.63, 3.8) is 0 Å². The van der Waals surface area contributed by atoms with Crippen molar-refractivity contribution in [2.45, 2.75) is 20.8 Å². The van der Waals surface area contributed by atoms with E-state index in [-0.39, 0.29) is 0 Å². The lowest BCUT2D eigenvalue weighted by Gasteiger charge is -1.98. The van der Waals surface area contributed by atoms with Gasteiger partial charge in [-0.25, -0.2) is 0 Å². The van der Waals surface area contributed by atoms with Crippen molar-refractivity contribution >= 4 is 5.71 Å². The van der Waals surface area contributed by atoms with E-state index in [2.05, 4.69) is 4.98 Å². The third kappa shape index (κ3) is 3.50. The molecule has 0 spiro atoms. The first-order chi connectivity index (χ1) is 7.13. The molecule has 0 saturated heterocycles. The van der Waals surface area contributed by atoms with Crippen LogP contribution in [0.5, 0.6) is 0 Å². The Labute approximate surface area is 90.9 Å². The summed E-state index contributed by atoms with van der Waals surface area (Å²) in [6.07, 6.45) is 7.48. The van der Waals surface area contributed by atoms with Gasteiger partial charge in [0.05, 0.1) is 11.4 Å². The Morgan fingerprint density at radius 2 is 2.07 bits per heavy atom. The van der Waals surface area contributed by atoms with Crippen LogP contribution >= 0.6 is 0 Å². The number of nitrogens with zero attached hydrogens (tertiary/aromatic N) is 1. The lowest BCUT2D eigenvalue weighted by molar-refractivity contribution is 1.23. The lowest BCUT2D eigenvalue weighted by atomic mass is 10.1. The van der Waals surface area contributed by atoms with Crippen LogP contribution in [-0.2, 0) is 0 Å². The zero-order valence-electron chi connectivity index (χ0n) is 9.41. The van der Waals surface area contributed by atoms with E-state index in [0.717, 1.165) is 11.1 Å². The Morgan fingerprint density at radius 3 is 2.60 bits per heavy atom. The Kier molecular flexibility index (Phi) is 3.98. The fourth-order valence-electron chi connectivity index (χ4n) is 1.02. The fourth-order valence-corrected chi connectivity index (χ4v) is 1.02. The first kappa shape index (κ1) is 11.4. The largest absolute Gasteiger partial charge is 0.299 e. The van der Waals surface area contributed by atoms with E-state index in [1.54, 1.807) is 12.3 Å². The maximum absolute atomic E-state index is 7.79. The molecule has 2 heteroatoms. The van der Waals surface area contributed by atoms with Crippen molar-refractivity contribution in [1.82, 2.24) is 4.98 Å². The molecule has 0 amide bonds. The molecule has 0 saturated carbocycles. The first-order valence-electron chi connectivity index (χ1n) is 4.96. The Bertz CT molecular complexity index is 397. The van der Waals surface area contributed by atoms with Gasteiger partial charge in [0.1, 0.15) is 0 Å². The third-order valence-electron chi connectivity index (χ3n) is 2.16. The average molecular weight is 200 g/mol. The molecular formula is C13H16N2. The van der Waals surface area contributed by atoms with Crippen molar-refractivity contribution in [3.8, 4) is 0 Å². The summed E-state index contributed by atoms with van der Waals surface area (Å²) in [5, 5.41) is 7.79. The molecular weight excluding hydrogens is 184 g/mol. The predicted molar refractivity (Wildman–Crippen MR) is 64.4 cm³/mol. The molecule has 0 aromatic carbocycles. The van der Waals surface area contributed by atoms with Crippen LogP contribution in [0.3, 0.4) is 0 Å². The van der Waals surface area contributed by atoms with Gasteiger partial charge in [-0.15, -0.1) is 0 Å². The summed E-state index contributed by atoms with van der Waals surface area (Å²) in [6, 6.07) is 3.83. The Balaban J connectivity index is 2.78. The van der Waals surface area contributed by atoms with Crippen LogP contribution in [0.2, 0.25) is 0 Å². The van der Waals surface area contributed by atoms with Crippen LogP contribution in [0.4, 0.5) is 0 Å². The second kappa shape index (κ2) is 5.25. The van der Waals surface area contributed by atoms with Gasteiger partial charge in [0.15, 0.2) is 0 Å². The second-order valence-corrected chi connectivity index (χ2v) is 3.50. The molecule has 1 aromatic heterocycles. The molecule has 0 atom stereocenters. The van der Waals surface area contributed by atoms with Crippen LogP contribution in [0, 0.1) is 12.3 Å². The van der Waals surface area contributed by atoms with Gasteiger partial charge >= 0.3 is 0 Å². The minimum atomic E-state index is 0.441. The monoisotopic (exact) mass is 200 g/mol. The SMILES string of the molecule is C/C=C(C)\C=C/C(=N)c1ccc(C)cn1. The van der Waals surface area contributed by atoms with Crippen LogP contribution in [0.15, 0.2) is 42.1 Å². The highest BCUT2D eigenvalue weighted by molar-refractivity contribution is 6.05. The normalized spacial score (nSPS) is 12.1. The summed E-state index contributed by atoms with van der Waals surface area (Å²) in [5.41, 5.74) is 3.41. The van der Waals surface area contributed by atoms with Crippen LogP contribution in [0.25, 0.3) is 0 Å². The zero-order chi connectivity index (χ0) is 11.3. The summed E-state index contributed by atoms with van der Waals surface area (Å²) >= 11 is 0. The standard InChI is InChI=1S/C13H16N2/c1-4-10(2)5-7-12(14)13-8-6-11(3)9-15-13/h4-9,14H,1-3H3/b7-5-,10-4-,14-12?. The molecule has 78 valence electrons. The molecule has 2 nitrogen and oxygen atoms in total. The van der Waals surface area contributed by atoms with Gasteiger partial charge in [0, 0.05) is 6.20 Å². The molecule has 0 radical (unpaired) electrons. The molecule has 0 aliphatic heterocycles. The molecule has 1 aromatic rings. The number of nitrogens with one attached hydrogen (secondary N) is 1. The summed E-state index contributed by atoms with van der Waals surface area (Å²) in [6.45, 7) is 5.97. The number of hydrogen-bond acceptors (Lipinski definition) is 2. The van der Waals surface area contributed by atoms with Crippen molar-refractivity contribution in [3.05, 3.63) is 53.4 Å². The molecule has 1 N–H and O–H groups in total. The van der Waals surface area contributed by atoms with E-state index in [1.165, 1.54) is 0 Å². The number of rotatable bonds is 3. The highest BCUT2D eigenvalue weighted by Gasteiger charge is 1.97. The van der Waals surface area contributed by atoms with Crippen molar-refractivity contribution < 1.29 is 0 Å². The van der Waals surface area contributed by atoms with Crippen molar-refractivity contribution in [2.24, 2.45) is 0 Å². The summed E-state index contributed by atoms with van der Waals surface area (Å²) in [7, 11) is 0. The molecule has 15 heavy (non-hydrogen) atoms. The lowest BCUT2D eigenvalue weighted by Crippen LogP contribution is -1.97. The Morgan fingerprint density at radius 1 is 1.33 bits per heavy atom. The molecule has 0 fully saturated rings. The molecule has 0 aliphatic rings. The van der Waals surface area contributed by atoms with Crippen molar-refractivity contribution in [1.29, 1.82) is 5.41 Å². The van der Waals surface area contributed by atoms with Gasteiger partial charge in [-0.1, -0.05) is 23.8 Å². The van der Waals surface area contributed by atoms with Crippen LogP contribution < -0.4 is 0 Å². The zero-order valence-corrected chi connectivity index (χ0v) is 9.41. The number of pyridine rings is 1. The van der Waals surface area contributed by atoms with Gasteiger partial charge in [0.2, 0.25) is 0 Å². The van der Waals surface area contributed by atoms with E-state index in [1.807, 2.05) is 45.1 Å². The van der Waals surface area contributed by atoms with Gasteiger partial charge in [-0.2, -0.15) is 0 Å². The number of aromatic nitrogens is 1. The van der Waals surface area contributed by atoms with Gasteiger partial charge in [-0.3, -0.25) is 10.4 Å². The first-order valence-corrected chi connectivity index (χ1v) is 4.96. The molecule has 1 rings (SSSR count). The van der Waals surface area contributed by atoms with Crippen LogP contribution in [-0.4, -0.2) is 10.7 Å². The summed E-state index contributed by atoms with van der Waals surface area (Å²) in [4.78, 5) is 4.19. The molecule has 0 bridgehead atoms. The summed E-state index contributed by atoms with van der Waals surface area (Å²) < 4.78 is 0. The van der Waals surface area contributed by atoms with E-state index in [9.17, 15) is 0 Å². The average Bonchev–Trinajstić information content (AvgIpc) is 2.26. The number of aryl methyl sites for hydroxylation is 1. The minimum absolute atomic E-state index is 0.441. The van der Waals surface area contributed by atoms with E-state index >= 15 is 0 Å². The smallest absolute Gasteiger partial charge is 0.0879 e. The third-order valence-corrected chi connectivity index (χ3v) is 2.16. The highest BCUT2D eigenvalue weighted by atomic mass is 14.7. The second-order valence-electron chi connectivity index (χ2n) is 3.50. The molecule has 1 heterocycles. The van der Waals surface area contributed by atoms with Gasteiger partial charge in [0.25, 0.3) is 0 Å². The van der Waals surface area contributed by atoms with E-state index < -0.39 is 0 Å². The number of allylic oxidation sites excluding steroid dienone is 4. The van der Waals surface area contributed by atoms with Crippen molar-refractivity contribution in [2.75, 3.05) is 0 Å². The predicted octanol–water partition coefficient (Wildman–Crippen LogP) is 3.28. The highest BCUT2D eigenvalue weighted by Crippen LogP contribution is 2.02. The maximum atomic E-state index is 7.79. The number of hydrogen-bond donors (Lipinski definition) is 1. The molecule has 0 aliphatic carbocycles.